The van der Waals surface area contributed by atoms with Crippen LogP contribution >= 0.6 is 15.9 Å². The van der Waals surface area contributed by atoms with E-state index in [1.807, 2.05) is 18.2 Å². The molecule has 8 nitrogen and oxygen atoms in total. The Morgan fingerprint density at radius 3 is 2.84 bits per heavy atom. The number of aromatic nitrogens is 3. The van der Waals surface area contributed by atoms with Crippen LogP contribution in [0.25, 0.3) is 10.9 Å². The van der Waals surface area contributed by atoms with E-state index in [1.54, 1.807) is 18.5 Å². The van der Waals surface area contributed by atoms with E-state index >= 15 is 0 Å². The number of hydrogen-bond donors (Lipinski definition) is 3. The number of halogens is 1. The second-order valence-electron chi connectivity index (χ2n) is 5.12. The van der Waals surface area contributed by atoms with E-state index in [0.29, 0.717) is 17.2 Å². The molecule has 130 valence electrons. The summed E-state index contributed by atoms with van der Waals surface area (Å²) in [7, 11) is -4.03. The Bertz CT molecular complexity index is 1010. The molecule has 2 aromatic heterocycles. The molecule has 3 aromatic rings. The Morgan fingerprint density at radius 1 is 1.20 bits per heavy atom. The lowest BCUT2D eigenvalue weighted by molar-refractivity contribution is 0.484. The van der Waals surface area contributed by atoms with Gasteiger partial charge in [0.15, 0.2) is 0 Å². The number of pyridine rings is 1. The van der Waals surface area contributed by atoms with Gasteiger partial charge in [0.2, 0.25) is 0 Å². The van der Waals surface area contributed by atoms with Crippen molar-refractivity contribution >= 4 is 54.1 Å². The third-order valence-electron chi connectivity index (χ3n) is 3.37. The molecule has 0 spiro atoms. The predicted octanol–water partition coefficient (Wildman–Crippen LogP) is 2.83. The molecule has 0 aliphatic heterocycles. The largest absolute Gasteiger partial charge is 0.381 e. The lowest BCUT2D eigenvalue weighted by Gasteiger charge is -2.15. The SMILES string of the molecule is O=S(=O)(O)CCNc1c(Br)cccc1Nc1ncnc2ccncc12. The molecule has 0 aliphatic carbocycles. The van der Waals surface area contributed by atoms with Crippen molar-refractivity contribution in [2.24, 2.45) is 0 Å². The fraction of sp³-hybridized carbons (Fsp3) is 0.133. The number of benzene rings is 1. The highest BCUT2D eigenvalue weighted by molar-refractivity contribution is 9.10. The number of nitrogens with zero attached hydrogens (tertiary/aromatic N) is 3. The molecule has 0 atom stereocenters. The summed E-state index contributed by atoms with van der Waals surface area (Å²) in [5.41, 5.74) is 2.10. The monoisotopic (exact) mass is 423 g/mol. The minimum absolute atomic E-state index is 0.0577. The Morgan fingerprint density at radius 2 is 2.04 bits per heavy atom. The van der Waals surface area contributed by atoms with Gasteiger partial charge in [0.1, 0.15) is 12.1 Å². The molecule has 0 saturated carbocycles. The zero-order chi connectivity index (χ0) is 17.9. The van der Waals surface area contributed by atoms with E-state index < -0.39 is 15.9 Å². The maximum atomic E-state index is 10.9. The number of anilines is 3. The lowest BCUT2D eigenvalue weighted by Crippen LogP contribution is -2.15. The quantitative estimate of drug-likeness (QED) is 0.518. The fourth-order valence-corrected chi connectivity index (χ4v) is 3.11. The standard InChI is InChI=1S/C15H14BrN5O3S/c16-11-2-1-3-13(14(11)18-6-7-25(22,23)24)21-15-10-8-17-5-4-12(10)19-9-20-15/h1-5,8-9,18H,6-7H2,(H,19,20,21)(H,22,23,24). The van der Waals surface area contributed by atoms with Crippen LogP contribution in [-0.2, 0) is 10.1 Å². The minimum atomic E-state index is -4.03. The molecule has 25 heavy (non-hydrogen) atoms. The van der Waals surface area contributed by atoms with Gasteiger partial charge in [-0.2, -0.15) is 8.42 Å². The van der Waals surface area contributed by atoms with Crippen LogP contribution in [0.4, 0.5) is 17.2 Å². The van der Waals surface area contributed by atoms with Gasteiger partial charge in [0.25, 0.3) is 10.1 Å². The molecule has 0 bridgehead atoms. The Hall–Kier alpha value is -2.30. The van der Waals surface area contributed by atoms with Crippen molar-refractivity contribution in [2.45, 2.75) is 0 Å². The first-order valence-corrected chi connectivity index (χ1v) is 9.63. The molecule has 2 heterocycles. The Balaban J connectivity index is 1.90. The first kappa shape index (κ1) is 17.5. The zero-order valence-corrected chi connectivity index (χ0v) is 15.2. The fourth-order valence-electron chi connectivity index (χ4n) is 2.24. The van der Waals surface area contributed by atoms with Gasteiger partial charge < -0.3 is 10.6 Å². The molecule has 3 N–H and O–H groups in total. The van der Waals surface area contributed by atoms with Crippen molar-refractivity contribution in [1.29, 1.82) is 0 Å². The third kappa shape index (κ3) is 4.41. The number of para-hydroxylation sites is 1. The lowest BCUT2D eigenvalue weighted by atomic mass is 10.2. The summed E-state index contributed by atoms with van der Waals surface area (Å²) in [6.45, 7) is 0.0577. The number of hydrogen-bond acceptors (Lipinski definition) is 7. The molecular weight excluding hydrogens is 410 g/mol. The van der Waals surface area contributed by atoms with Gasteiger partial charge in [-0.25, -0.2) is 9.97 Å². The average Bonchev–Trinajstić information content (AvgIpc) is 2.57. The molecule has 0 amide bonds. The van der Waals surface area contributed by atoms with Gasteiger partial charge >= 0.3 is 0 Å². The van der Waals surface area contributed by atoms with Crippen LogP contribution in [0.5, 0.6) is 0 Å². The van der Waals surface area contributed by atoms with Gasteiger partial charge in [-0.1, -0.05) is 6.07 Å². The summed E-state index contributed by atoms with van der Waals surface area (Å²) in [5, 5.41) is 6.97. The van der Waals surface area contributed by atoms with Crippen LogP contribution < -0.4 is 10.6 Å². The first-order chi connectivity index (χ1) is 11.9. The predicted molar refractivity (Wildman–Crippen MR) is 99.7 cm³/mol. The van der Waals surface area contributed by atoms with Crippen LogP contribution in [0.3, 0.4) is 0 Å². The zero-order valence-electron chi connectivity index (χ0n) is 12.8. The van der Waals surface area contributed by atoms with Crippen molar-refractivity contribution in [3.63, 3.8) is 0 Å². The van der Waals surface area contributed by atoms with Gasteiger partial charge in [-0.3, -0.25) is 9.54 Å². The summed E-state index contributed by atoms with van der Waals surface area (Å²) < 4.78 is 31.4. The van der Waals surface area contributed by atoms with Gasteiger partial charge in [0.05, 0.1) is 28.0 Å². The van der Waals surface area contributed by atoms with Gasteiger partial charge in [0, 0.05) is 23.4 Å². The van der Waals surface area contributed by atoms with Crippen molar-refractivity contribution in [3.05, 3.63) is 47.5 Å². The van der Waals surface area contributed by atoms with Crippen molar-refractivity contribution < 1.29 is 13.0 Å². The highest BCUT2D eigenvalue weighted by atomic mass is 79.9. The number of fused-ring (bicyclic) bond motifs is 1. The van der Waals surface area contributed by atoms with Gasteiger partial charge in [-0.05, 0) is 34.1 Å². The summed E-state index contributed by atoms with van der Waals surface area (Å²) in [4.78, 5) is 12.5. The maximum Gasteiger partial charge on any atom is 0.266 e. The van der Waals surface area contributed by atoms with E-state index in [0.717, 1.165) is 15.4 Å². The van der Waals surface area contributed by atoms with Gasteiger partial charge in [-0.15, -0.1) is 0 Å². The van der Waals surface area contributed by atoms with Crippen molar-refractivity contribution in [1.82, 2.24) is 15.0 Å². The van der Waals surface area contributed by atoms with E-state index in [4.69, 9.17) is 4.55 Å². The molecule has 0 unspecified atom stereocenters. The molecule has 0 fully saturated rings. The minimum Gasteiger partial charge on any atom is -0.381 e. The van der Waals surface area contributed by atoms with Crippen LogP contribution in [0.2, 0.25) is 0 Å². The van der Waals surface area contributed by atoms with Crippen LogP contribution in [0, 0.1) is 0 Å². The maximum absolute atomic E-state index is 10.9. The summed E-state index contributed by atoms with van der Waals surface area (Å²) in [6, 6.07) is 7.27. The summed E-state index contributed by atoms with van der Waals surface area (Å²) in [6.07, 6.45) is 4.77. The summed E-state index contributed by atoms with van der Waals surface area (Å²) >= 11 is 3.43. The summed E-state index contributed by atoms with van der Waals surface area (Å²) in [5.74, 6) is 0.183. The molecule has 0 radical (unpaired) electrons. The first-order valence-electron chi connectivity index (χ1n) is 7.23. The highest BCUT2D eigenvalue weighted by Crippen LogP contribution is 2.33. The number of nitrogens with one attached hydrogen (secondary N) is 2. The third-order valence-corrected chi connectivity index (χ3v) is 4.75. The van der Waals surface area contributed by atoms with Crippen LogP contribution in [0.1, 0.15) is 0 Å². The molecular formula is C15H14BrN5O3S. The molecule has 0 saturated heterocycles. The average molecular weight is 424 g/mol. The normalized spacial score (nSPS) is 11.4. The molecule has 0 aliphatic rings. The van der Waals surface area contributed by atoms with E-state index in [2.05, 4.69) is 41.5 Å². The topological polar surface area (TPSA) is 117 Å². The second-order valence-corrected chi connectivity index (χ2v) is 7.54. The van der Waals surface area contributed by atoms with E-state index in [-0.39, 0.29) is 6.54 Å². The highest BCUT2D eigenvalue weighted by Gasteiger charge is 2.11. The molecule has 3 rings (SSSR count). The Kier molecular flexibility index (Phi) is 5.11. The smallest absolute Gasteiger partial charge is 0.266 e. The van der Waals surface area contributed by atoms with Crippen molar-refractivity contribution in [2.75, 3.05) is 22.9 Å². The number of rotatable bonds is 6. The van der Waals surface area contributed by atoms with Crippen LogP contribution in [0.15, 0.2) is 47.5 Å². The second kappa shape index (κ2) is 7.30. The molecule has 1 aromatic carbocycles. The van der Waals surface area contributed by atoms with E-state index in [9.17, 15) is 8.42 Å². The van der Waals surface area contributed by atoms with Crippen LogP contribution in [-0.4, -0.2) is 40.2 Å². The van der Waals surface area contributed by atoms with E-state index in [1.165, 1.54) is 6.33 Å². The Labute approximate surface area is 152 Å². The van der Waals surface area contributed by atoms with Crippen molar-refractivity contribution in [3.8, 4) is 0 Å². The molecule has 10 heteroatoms.